The zero-order chi connectivity index (χ0) is 28.9. The van der Waals surface area contributed by atoms with Gasteiger partial charge >= 0.3 is 12.4 Å². The number of benzene rings is 2. The van der Waals surface area contributed by atoms with Crippen LogP contribution in [0.3, 0.4) is 0 Å². The summed E-state index contributed by atoms with van der Waals surface area (Å²) >= 11 is 12.1. The van der Waals surface area contributed by atoms with E-state index in [2.05, 4.69) is 5.16 Å². The monoisotopic (exact) mass is 595 g/mol. The molecule has 1 saturated heterocycles. The van der Waals surface area contributed by atoms with Gasteiger partial charge in [-0.2, -0.15) is 26.3 Å². The molecule has 2 aliphatic heterocycles. The van der Waals surface area contributed by atoms with Gasteiger partial charge < -0.3 is 9.74 Å². The Bertz CT molecular complexity index is 1360. The van der Waals surface area contributed by atoms with Gasteiger partial charge in [0.15, 0.2) is 5.60 Å². The van der Waals surface area contributed by atoms with Crippen LogP contribution in [0.1, 0.15) is 40.4 Å². The summed E-state index contributed by atoms with van der Waals surface area (Å²) in [5.41, 5.74) is -2.74. The smallest absolute Gasteiger partial charge is 0.384 e. The number of alkyl halides is 6. The lowest BCUT2D eigenvalue weighted by Crippen LogP contribution is -2.57. The third-order valence-electron chi connectivity index (χ3n) is 6.10. The van der Waals surface area contributed by atoms with Gasteiger partial charge in [0, 0.05) is 27.6 Å². The number of halogens is 8. The van der Waals surface area contributed by atoms with E-state index >= 15 is 0 Å². The van der Waals surface area contributed by atoms with E-state index in [0.29, 0.717) is 26.6 Å². The first-order valence-corrected chi connectivity index (χ1v) is 11.8. The molecule has 39 heavy (non-hydrogen) atoms. The van der Waals surface area contributed by atoms with Gasteiger partial charge in [-0.3, -0.25) is 19.3 Å². The van der Waals surface area contributed by atoms with Crippen molar-refractivity contribution >= 4 is 46.6 Å². The Morgan fingerprint density at radius 1 is 1.00 bits per heavy atom. The highest BCUT2D eigenvalue weighted by molar-refractivity contribution is 6.34. The summed E-state index contributed by atoms with van der Waals surface area (Å²) in [6, 6.07) is 7.36. The molecule has 2 aromatic rings. The highest BCUT2D eigenvalue weighted by atomic mass is 35.5. The molecule has 0 radical (unpaired) electrons. The first-order chi connectivity index (χ1) is 18.0. The summed E-state index contributed by atoms with van der Waals surface area (Å²) in [4.78, 5) is 43.0. The average molecular weight is 596 g/mol. The van der Waals surface area contributed by atoms with Crippen LogP contribution in [0.25, 0.3) is 0 Å². The number of hydrogen-bond acceptors (Lipinski definition) is 5. The van der Waals surface area contributed by atoms with E-state index in [-0.39, 0.29) is 22.6 Å². The molecular weight excluding hydrogens is 579 g/mol. The van der Waals surface area contributed by atoms with Crippen LogP contribution in [-0.2, 0) is 26.2 Å². The number of amides is 3. The lowest BCUT2D eigenvalue weighted by atomic mass is 9.88. The molecule has 0 spiro atoms. The molecule has 1 unspecified atom stereocenters. The van der Waals surface area contributed by atoms with Crippen molar-refractivity contribution in [1.82, 2.24) is 9.80 Å². The van der Waals surface area contributed by atoms with Gasteiger partial charge in [0.05, 0.1) is 16.8 Å². The lowest BCUT2D eigenvalue weighted by molar-refractivity contribution is -0.174. The Morgan fingerprint density at radius 3 is 2.13 bits per heavy atom. The molecule has 0 aliphatic carbocycles. The van der Waals surface area contributed by atoms with E-state index in [1.165, 1.54) is 12.1 Å². The zero-order valence-corrected chi connectivity index (χ0v) is 21.3. The minimum absolute atomic E-state index is 0.0159. The molecule has 1 atom stereocenters. The number of carbonyl (C=O) groups excluding carboxylic acids is 3. The summed E-state index contributed by atoms with van der Waals surface area (Å²) in [5.74, 6) is -4.06. The highest BCUT2D eigenvalue weighted by Gasteiger charge is 2.43. The van der Waals surface area contributed by atoms with Crippen molar-refractivity contribution in [3.05, 3.63) is 68.7 Å². The first-order valence-electron chi connectivity index (χ1n) is 11.1. The quantitative estimate of drug-likeness (QED) is 0.349. The summed E-state index contributed by atoms with van der Waals surface area (Å²) in [5, 5.41) is 4.55. The van der Waals surface area contributed by atoms with Gasteiger partial charge in [0.1, 0.15) is 19.6 Å². The second-order valence-corrected chi connectivity index (χ2v) is 9.98. The van der Waals surface area contributed by atoms with E-state index in [0.717, 1.165) is 6.07 Å². The van der Waals surface area contributed by atoms with Gasteiger partial charge in [-0.05, 0) is 37.3 Å². The van der Waals surface area contributed by atoms with Crippen molar-refractivity contribution in [1.29, 1.82) is 0 Å². The maximum atomic E-state index is 14.0. The van der Waals surface area contributed by atoms with Crippen LogP contribution in [0.2, 0.25) is 10.0 Å². The molecule has 2 aromatic carbocycles. The molecule has 0 N–H and O–H groups in total. The predicted molar refractivity (Wildman–Crippen MR) is 126 cm³/mol. The molecule has 208 valence electrons. The van der Waals surface area contributed by atoms with Crippen LogP contribution in [0.5, 0.6) is 0 Å². The Kier molecular flexibility index (Phi) is 7.36. The largest absolute Gasteiger partial charge is 0.417 e. The van der Waals surface area contributed by atoms with Crippen molar-refractivity contribution in [3.8, 4) is 0 Å². The maximum absolute atomic E-state index is 14.0. The third kappa shape index (κ3) is 6.14. The van der Waals surface area contributed by atoms with Crippen molar-refractivity contribution in [2.24, 2.45) is 5.16 Å². The molecule has 0 saturated carbocycles. The summed E-state index contributed by atoms with van der Waals surface area (Å²) in [6.45, 7) is -2.22. The minimum Gasteiger partial charge on any atom is -0.384 e. The molecule has 1 fully saturated rings. The number of oxime groups is 1. The van der Waals surface area contributed by atoms with Gasteiger partial charge in [0.25, 0.3) is 5.91 Å². The topological polar surface area (TPSA) is 79.3 Å². The summed E-state index contributed by atoms with van der Waals surface area (Å²) in [7, 11) is 0. The molecule has 7 nitrogen and oxygen atoms in total. The number of hydrogen-bond donors (Lipinski definition) is 0. The molecule has 15 heteroatoms. The van der Waals surface area contributed by atoms with Gasteiger partial charge in [-0.25, -0.2) is 0 Å². The van der Waals surface area contributed by atoms with Crippen molar-refractivity contribution in [3.63, 3.8) is 0 Å². The normalized spacial score (nSPS) is 20.3. The predicted octanol–water partition coefficient (Wildman–Crippen LogP) is 5.43. The van der Waals surface area contributed by atoms with E-state index in [1.807, 2.05) is 0 Å². The van der Waals surface area contributed by atoms with E-state index < -0.39 is 66.4 Å². The van der Waals surface area contributed by atoms with E-state index in [1.54, 1.807) is 19.1 Å². The number of carbonyl (C=O) groups is 3. The van der Waals surface area contributed by atoms with Crippen LogP contribution < -0.4 is 0 Å². The minimum atomic E-state index is -5.04. The van der Waals surface area contributed by atoms with Crippen LogP contribution in [0.4, 0.5) is 26.3 Å². The second-order valence-electron chi connectivity index (χ2n) is 9.10. The third-order valence-corrected chi connectivity index (χ3v) is 6.54. The average Bonchev–Trinajstić information content (AvgIpc) is 3.22. The second kappa shape index (κ2) is 10.0. The molecule has 2 aliphatic rings. The van der Waals surface area contributed by atoms with Crippen LogP contribution in [-0.4, -0.2) is 59.0 Å². The van der Waals surface area contributed by atoms with Gasteiger partial charge in [-0.1, -0.05) is 34.4 Å². The molecular formula is C24H17Cl2F6N3O4. The standard InChI is InChI=1S/C24H17Cl2F6N3O4/c1-22(13-5-14(25)7-15(26)6-13)8-18(33-39-22)12-2-3-16(17(4-12)24(30,31)32)21(38)34-9-19(36)35(20(37)10-34)11-23(27,28)29/h2-7H,8-11H2,1H3. The van der Waals surface area contributed by atoms with Gasteiger partial charge in [-0.15, -0.1) is 0 Å². The van der Waals surface area contributed by atoms with Crippen molar-refractivity contribution in [2.45, 2.75) is 31.3 Å². The fourth-order valence-corrected chi connectivity index (χ4v) is 4.74. The number of piperazine rings is 1. The summed E-state index contributed by atoms with van der Waals surface area (Å²) < 4.78 is 80.0. The number of rotatable bonds is 4. The molecule has 0 aromatic heterocycles. The molecule has 2 heterocycles. The zero-order valence-electron chi connectivity index (χ0n) is 19.8. The van der Waals surface area contributed by atoms with Crippen molar-refractivity contribution in [2.75, 3.05) is 19.6 Å². The first kappa shape index (κ1) is 28.7. The van der Waals surface area contributed by atoms with E-state index in [9.17, 15) is 40.7 Å². The maximum Gasteiger partial charge on any atom is 0.417 e. The number of nitrogens with zero attached hydrogens (tertiary/aromatic N) is 3. The number of imide groups is 1. The lowest BCUT2D eigenvalue weighted by Gasteiger charge is -2.33. The Morgan fingerprint density at radius 2 is 1.59 bits per heavy atom. The van der Waals surface area contributed by atoms with E-state index in [4.69, 9.17) is 28.0 Å². The van der Waals surface area contributed by atoms with Crippen LogP contribution in [0, 0.1) is 0 Å². The fourth-order valence-electron chi connectivity index (χ4n) is 4.22. The molecule has 3 amide bonds. The molecule has 4 rings (SSSR count). The van der Waals surface area contributed by atoms with Crippen molar-refractivity contribution < 1.29 is 45.6 Å². The Hall–Kier alpha value is -3.32. The highest BCUT2D eigenvalue weighted by Crippen LogP contribution is 2.40. The molecule has 0 bridgehead atoms. The summed E-state index contributed by atoms with van der Waals surface area (Å²) in [6.07, 6.45) is -9.89. The van der Waals surface area contributed by atoms with Gasteiger partial charge in [0.2, 0.25) is 11.8 Å². The SMILES string of the molecule is CC1(c2cc(Cl)cc(Cl)c2)CC(c2ccc(C(=O)N3CC(=O)N(CC(F)(F)F)C(=O)C3)c(C(F)(F)F)c2)=NO1. The van der Waals surface area contributed by atoms with Crippen LogP contribution in [0.15, 0.2) is 41.6 Å². The Balaban J connectivity index is 1.60. The fraction of sp³-hybridized carbons (Fsp3) is 0.333. The Labute approximate surface area is 226 Å². The van der Waals surface area contributed by atoms with Crippen LogP contribution >= 0.6 is 23.2 Å².